The first kappa shape index (κ1) is 13.8. The average molecular weight is 286 g/mol. The summed E-state index contributed by atoms with van der Waals surface area (Å²) in [5.41, 5.74) is 1.02. The third-order valence-electron chi connectivity index (χ3n) is 2.69. The topological polar surface area (TPSA) is 42.4 Å². The largest absolute Gasteiger partial charge is 0.372 e. The van der Waals surface area contributed by atoms with Crippen molar-refractivity contribution in [2.45, 2.75) is 37.3 Å². The van der Waals surface area contributed by atoms with Crippen LogP contribution in [0.4, 0.5) is 0 Å². The van der Waals surface area contributed by atoms with Gasteiger partial charge in [-0.1, -0.05) is 11.8 Å². The van der Waals surface area contributed by atoms with E-state index in [9.17, 15) is 4.79 Å². The van der Waals surface area contributed by atoms with Gasteiger partial charge in [0.25, 0.3) is 0 Å². The minimum Gasteiger partial charge on any atom is -0.372 e. The van der Waals surface area contributed by atoms with Crippen molar-refractivity contribution in [2.24, 2.45) is 0 Å². The van der Waals surface area contributed by atoms with E-state index in [2.05, 4.69) is 4.98 Å². The van der Waals surface area contributed by atoms with E-state index in [0.717, 1.165) is 10.0 Å². The van der Waals surface area contributed by atoms with Crippen molar-refractivity contribution in [1.29, 1.82) is 0 Å². The second kappa shape index (κ2) is 6.04. The number of morpholine rings is 1. The van der Waals surface area contributed by atoms with Gasteiger partial charge in [-0.2, -0.15) is 0 Å². The molecule has 2 heterocycles. The van der Waals surface area contributed by atoms with Crippen LogP contribution in [0, 0.1) is 6.92 Å². The highest BCUT2D eigenvalue weighted by Gasteiger charge is 2.25. The van der Waals surface area contributed by atoms with E-state index in [0.29, 0.717) is 18.8 Å². The highest BCUT2D eigenvalue weighted by atomic mass is 32.2. The molecule has 1 amide bonds. The first-order valence-electron chi connectivity index (χ1n) is 6.02. The van der Waals surface area contributed by atoms with Gasteiger partial charge in [0.05, 0.1) is 18.0 Å². The van der Waals surface area contributed by atoms with Crippen molar-refractivity contribution in [3.05, 3.63) is 11.1 Å². The fraction of sp³-hybridized carbons (Fsp3) is 0.667. The van der Waals surface area contributed by atoms with Crippen molar-refractivity contribution < 1.29 is 9.53 Å². The summed E-state index contributed by atoms with van der Waals surface area (Å²) in [6.45, 7) is 7.37. The number of thiazole rings is 1. The molecule has 2 rings (SSSR count). The van der Waals surface area contributed by atoms with E-state index in [-0.39, 0.29) is 18.1 Å². The third kappa shape index (κ3) is 3.70. The van der Waals surface area contributed by atoms with Crippen molar-refractivity contribution in [3.8, 4) is 0 Å². The zero-order valence-electron chi connectivity index (χ0n) is 10.9. The Hall–Kier alpha value is -0.590. The molecule has 1 aliphatic rings. The number of nitrogens with zero attached hydrogens (tertiary/aromatic N) is 2. The van der Waals surface area contributed by atoms with Gasteiger partial charge in [0.15, 0.2) is 4.34 Å². The van der Waals surface area contributed by atoms with Gasteiger partial charge in [0, 0.05) is 24.2 Å². The number of rotatable bonds is 3. The standard InChI is InChI=1S/C12H18N2O2S2/c1-8-6-17-12(13-8)18-7-11(15)14-4-9(2)16-10(3)5-14/h6,9-10H,4-5,7H2,1-3H3/t9-,10-/m0/s1. The van der Waals surface area contributed by atoms with Crippen LogP contribution in [0.1, 0.15) is 19.5 Å². The zero-order valence-corrected chi connectivity index (χ0v) is 12.5. The maximum Gasteiger partial charge on any atom is 0.233 e. The summed E-state index contributed by atoms with van der Waals surface area (Å²) in [4.78, 5) is 18.3. The van der Waals surface area contributed by atoms with Gasteiger partial charge < -0.3 is 9.64 Å². The van der Waals surface area contributed by atoms with Crippen LogP contribution in [0.15, 0.2) is 9.72 Å². The van der Waals surface area contributed by atoms with Crippen molar-refractivity contribution in [2.75, 3.05) is 18.8 Å². The smallest absolute Gasteiger partial charge is 0.233 e. The van der Waals surface area contributed by atoms with E-state index >= 15 is 0 Å². The minimum absolute atomic E-state index is 0.129. The van der Waals surface area contributed by atoms with Crippen molar-refractivity contribution in [1.82, 2.24) is 9.88 Å². The van der Waals surface area contributed by atoms with Gasteiger partial charge in [0.2, 0.25) is 5.91 Å². The van der Waals surface area contributed by atoms with E-state index in [1.54, 1.807) is 11.3 Å². The molecular formula is C12H18N2O2S2. The van der Waals surface area contributed by atoms with Crippen molar-refractivity contribution in [3.63, 3.8) is 0 Å². The molecule has 100 valence electrons. The Balaban J connectivity index is 1.84. The van der Waals surface area contributed by atoms with E-state index in [1.165, 1.54) is 11.8 Å². The lowest BCUT2D eigenvalue weighted by Crippen LogP contribution is -2.48. The van der Waals surface area contributed by atoms with Crippen LogP contribution in [0.25, 0.3) is 0 Å². The van der Waals surface area contributed by atoms with Gasteiger partial charge in [-0.05, 0) is 20.8 Å². The lowest BCUT2D eigenvalue weighted by molar-refractivity contribution is -0.140. The molecule has 1 aromatic heterocycles. The number of amides is 1. The normalized spacial score (nSPS) is 24.3. The number of aromatic nitrogens is 1. The maximum atomic E-state index is 12.1. The highest BCUT2D eigenvalue weighted by molar-refractivity contribution is 8.01. The van der Waals surface area contributed by atoms with E-state index < -0.39 is 0 Å². The summed E-state index contributed by atoms with van der Waals surface area (Å²) in [7, 11) is 0. The Morgan fingerprint density at radius 2 is 2.22 bits per heavy atom. The zero-order chi connectivity index (χ0) is 13.1. The fourth-order valence-electron chi connectivity index (χ4n) is 1.99. The predicted octanol–water partition coefficient (Wildman–Crippen LogP) is 2.18. The Morgan fingerprint density at radius 1 is 1.56 bits per heavy atom. The first-order chi connectivity index (χ1) is 8.54. The summed E-state index contributed by atoms with van der Waals surface area (Å²) >= 11 is 3.12. The fourth-order valence-corrected chi connectivity index (χ4v) is 3.75. The van der Waals surface area contributed by atoms with E-state index in [4.69, 9.17) is 4.74 Å². The van der Waals surface area contributed by atoms with Crippen LogP contribution in [-0.2, 0) is 9.53 Å². The van der Waals surface area contributed by atoms with Crippen LogP contribution in [0.3, 0.4) is 0 Å². The summed E-state index contributed by atoms with van der Waals surface area (Å²) in [6.07, 6.45) is 0.259. The Bertz CT molecular complexity index is 412. The molecule has 0 saturated carbocycles. The Kier molecular flexibility index (Phi) is 4.64. The minimum atomic E-state index is 0.129. The molecule has 6 heteroatoms. The second-order valence-corrected chi connectivity index (χ2v) is 6.68. The molecule has 18 heavy (non-hydrogen) atoms. The molecule has 1 saturated heterocycles. The molecule has 4 nitrogen and oxygen atoms in total. The van der Waals surface area contributed by atoms with Crippen LogP contribution in [-0.4, -0.2) is 46.8 Å². The van der Waals surface area contributed by atoms with Gasteiger partial charge >= 0.3 is 0 Å². The predicted molar refractivity (Wildman–Crippen MR) is 74.2 cm³/mol. The molecule has 0 aliphatic carbocycles. The molecule has 0 aromatic carbocycles. The molecule has 0 bridgehead atoms. The molecular weight excluding hydrogens is 268 g/mol. The molecule has 1 aromatic rings. The number of carbonyl (C=O) groups is 1. The molecule has 2 atom stereocenters. The van der Waals surface area contributed by atoms with Gasteiger partial charge in [0.1, 0.15) is 0 Å². The van der Waals surface area contributed by atoms with Crippen molar-refractivity contribution >= 4 is 29.0 Å². The molecule has 0 radical (unpaired) electrons. The molecule has 1 aliphatic heterocycles. The number of thioether (sulfide) groups is 1. The van der Waals surface area contributed by atoms with Crippen LogP contribution < -0.4 is 0 Å². The number of hydrogen-bond acceptors (Lipinski definition) is 5. The van der Waals surface area contributed by atoms with Crippen LogP contribution in [0.2, 0.25) is 0 Å². The third-order valence-corrected chi connectivity index (χ3v) is 4.81. The van der Waals surface area contributed by atoms with Gasteiger partial charge in [-0.25, -0.2) is 4.98 Å². The summed E-state index contributed by atoms with van der Waals surface area (Å²) in [5, 5.41) is 2.01. The highest BCUT2D eigenvalue weighted by Crippen LogP contribution is 2.23. The lowest BCUT2D eigenvalue weighted by Gasteiger charge is -2.35. The Labute approximate surface area is 116 Å². The number of carbonyl (C=O) groups excluding carboxylic acids is 1. The maximum absolute atomic E-state index is 12.1. The van der Waals surface area contributed by atoms with E-state index in [1.807, 2.05) is 31.1 Å². The summed E-state index contributed by atoms with van der Waals surface area (Å²) < 4.78 is 6.59. The molecule has 0 unspecified atom stereocenters. The number of hydrogen-bond donors (Lipinski definition) is 0. The second-order valence-electron chi connectivity index (χ2n) is 4.60. The average Bonchev–Trinajstić information content (AvgIpc) is 2.70. The quantitative estimate of drug-likeness (QED) is 0.799. The SMILES string of the molecule is Cc1csc(SCC(=O)N2C[C@H](C)O[C@@H](C)C2)n1. The molecule has 1 fully saturated rings. The summed E-state index contributed by atoms with van der Waals surface area (Å²) in [5.74, 6) is 0.640. The summed E-state index contributed by atoms with van der Waals surface area (Å²) in [6, 6.07) is 0. The van der Waals surface area contributed by atoms with Gasteiger partial charge in [-0.3, -0.25) is 4.79 Å². The van der Waals surface area contributed by atoms with Crippen LogP contribution in [0.5, 0.6) is 0 Å². The van der Waals surface area contributed by atoms with Crippen LogP contribution >= 0.6 is 23.1 Å². The first-order valence-corrected chi connectivity index (χ1v) is 7.89. The van der Waals surface area contributed by atoms with Gasteiger partial charge in [-0.15, -0.1) is 11.3 Å². The monoisotopic (exact) mass is 286 g/mol. The lowest BCUT2D eigenvalue weighted by atomic mass is 10.2. The Morgan fingerprint density at radius 3 is 2.78 bits per heavy atom. The number of aryl methyl sites for hydroxylation is 1. The molecule has 0 spiro atoms. The number of ether oxygens (including phenoxy) is 1. The molecule has 0 N–H and O–H groups in total.